The topological polar surface area (TPSA) is 76.0 Å². The molecule has 17 heavy (non-hydrogen) atoms. The molecule has 0 spiro atoms. The molecule has 1 aromatic rings. The Labute approximate surface area is 99.4 Å². The fraction of sp³-hybridized carbons (Fsp3) is 0.545. The summed E-state index contributed by atoms with van der Waals surface area (Å²) < 4.78 is 1.97. The lowest BCUT2D eigenvalue weighted by molar-refractivity contribution is -0.126. The molecule has 2 amide bonds. The molecule has 6 heteroatoms. The van der Waals surface area contributed by atoms with Crippen LogP contribution in [0.25, 0.3) is 0 Å². The van der Waals surface area contributed by atoms with Crippen LogP contribution in [0, 0.1) is 5.92 Å². The van der Waals surface area contributed by atoms with Gasteiger partial charge >= 0.3 is 0 Å². The highest BCUT2D eigenvalue weighted by Gasteiger charge is 2.27. The molecule has 2 N–H and O–H groups in total. The molecule has 1 atom stereocenters. The Kier molecular flexibility index (Phi) is 3.74. The van der Waals surface area contributed by atoms with Crippen molar-refractivity contribution >= 4 is 11.8 Å². The highest BCUT2D eigenvalue weighted by atomic mass is 16.2. The average Bonchev–Trinajstić information content (AvgIpc) is 2.95. The summed E-state index contributed by atoms with van der Waals surface area (Å²) in [6.07, 6.45) is 6.54. The summed E-state index contributed by atoms with van der Waals surface area (Å²) in [6.45, 7) is 1.93. The predicted octanol–water partition coefficient (Wildman–Crippen LogP) is -0.474. The largest absolute Gasteiger partial charge is 0.356 e. The number of amides is 2. The molecule has 0 bridgehead atoms. The lowest BCUT2D eigenvalue weighted by Gasteiger charge is -2.09. The lowest BCUT2D eigenvalue weighted by Crippen LogP contribution is -2.32. The van der Waals surface area contributed by atoms with Crippen LogP contribution in [-0.4, -0.2) is 34.5 Å². The number of aromatic nitrogens is 2. The van der Waals surface area contributed by atoms with Gasteiger partial charge < -0.3 is 15.2 Å². The first-order valence-corrected chi connectivity index (χ1v) is 5.76. The third-order valence-electron chi connectivity index (χ3n) is 2.80. The normalized spacial score (nSPS) is 19.1. The van der Waals surface area contributed by atoms with Gasteiger partial charge in [-0.3, -0.25) is 9.59 Å². The van der Waals surface area contributed by atoms with Gasteiger partial charge in [-0.15, -0.1) is 0 Å². The van der Waals surface area contributed by atoms with Crippen LogP contribution in [-0.2, 0) is 16.1 Å². The van der Waals surface area contributed by atoms with E-state index in [-0.39, 0.29) is 17.7 Å². The van der Waals surface area contributed by atoms with Crippen molar-refractivity contribution in [1.29, 1.82) is 0 Å². The zero-order valence-electron chi connectivity index (χ0n) is 9.56. The quantitative estimate of drug-likeness (QED) is 0.678. The van der Waals surface area contributed by atoms with E-state index < -0.39 is 0 Å². The average molecular weight is 236 g/mol. The minimum atomic E-state index is -0.198. The van der Waals surface area contributed by atoms with Crippen LogP contribution >= 0.6 is 0 Å². The minimum absolute atomic E-state index is 0.0334. The van der Waals surface area contributed by atoms with E-state index in [1.54, 1.807) is 12.5 Å². The van der Waals surface area contributed by atoms with Crippen molar-refractivity contribution in [3.05, 3.63) is 18.7 Å². The molecule has 6 nitrogen and oxygen atoms in total. The molecule has 0 radical (unpaired) electrons. The van der Waals surface area contributed by atoms with Crippen LogP contribution in [0.3, 0.4) is 0 Å². The number of hydrogen-bond acceptors (Lipinski definition) is 3. The molecule has 2 heterocycles. The molecule has 2 rings (SSSR count). The summed E-state index contributed by atoms with van der Waals surface area (Å²) in [4.78, 5) is 26.5. The van der Waals surface area contributed by atoms with Crippen molar-refractivity contribution in [3.8, 4) is 0 Å². The molecular weight excluding hydrogens is 220 g/mol. The molecule has 1 saturated heterocycles. The molecule has 1 aliphatic rings. The smallest absolute Gasteiger partial charge is 0.225 e. The van der Waals surface area contributed by atoms with E-state index >= 15 is 0 Å². The number of hydrogen-bond donors (Lipinski definition) is 2. The zero-order chi connectivity index (χ0) is 12.1. The molecule has 1 aliphatic heterocycles. The fourth-order valence-corrected chi connectivity index (χ4v) is 1.83. The van der Waals surface area contributed by atoms with Crippen molar-refractivity contribution in [3.63, 3.8) is 0 Å². The van der Waals surface area contributed by atoms with Crippen LogP contribution in [0.4, 0.5) is 0 Å². The van der Waals surface area contributed by atoms with Gasteiger partial charge in [0.15, 0.2) is 0 Å². The molecule has 0 saturated carbocycles. The zero-order valence-corrected chi connectivity index (χ0v) is 9.56. The van der Waals surface area contributed by atoms with Gasteiger partial charge in [0.1, 0.15) is 0 Å². The molecule has 0 aliphatic carbocycles. The minimum Gasteiger partial charge on any atom is -0.356 e. The van der Waals surface area contributed by atoms with Crippen molar-refractivity contribution in [2.75, 3.05) is 13.1 Å². The lowest BCUT2D eigenvalue weighted by atomic mass is 10.1. The van der Waals surface area contributed by atoms with E-state index in [4.69, 9.17) is 0 Å². The van der Waals surface area contributed by atoms with Crippen molar-refractivity contribution in [2.45, 2.75) is 19.4 Å². The van der Waals surface area contributed by atoms with Crippen LogP contribution in [0.1, 0.15) is 12.8 Å². The predicted molar refractivity (Wildman–Crippen MR) is 61.0 cm³/mol. The maximum absolute atomic E-state index is 11.6. The van der Waals surface area contributed by atoms with E-state index in [1.807, 2.05) is 10.8 Å². The van der Waals surface area contributed by atoms with Gasteiger partial charge in [-0.2, -0.15) is 0 Å². The Morgan fingerprint density at radius 1 is 1.65 bits per heavy atom. The van der Waals surface area contributed by atoms with Crippen molar-refractivity contribution in [2.24, 2.45) is 5.92 Å². The number of imidazole rings is 1. The van der Waals surface area contributed by atoms with Crippen LogP contribution in [0.5, 0.6) is 0 Å². The summed E-state index contributed by atoms with van der Waals surface area (Å²) in [5.41, 5.74) is 0. The number of nitrogens with zero attached hydrogens (tertiary/aromatic N) is 2. The van der Waals surface area contributed by atoms with Gasteiger partial charge in [-0.1, -0.05) is 0 Å². The van der Waals surface area contributed by atoms with Crippen molar-refractivity contribution < 1.29 is 9.59 Å². The molecule has 1 fully saturated rings. The highest BCUT2D eigenvalue weighted by molar-refractivity contribution is 5.89. The van der Waals surface area contributed by atoms with Gasteiger partial charge in [-0.05, 0) is 6.42 Å². The van der Waals surface area contributed by atoms with Gasteiger partial charge in [0.25, 0.3) is 0 Å². The van der Waals surface area contributed by atoms with E-state index in [9.17, 15) is 9.59 Å². The molecule has 1 aromatic heterocycles. The summed E-state index contributed by atoms with van der Waals surface area (Å²) in [6, 6.07) is 0. The second kappa shape index (κ2) is 5.47. The Hall–Kier alpha value is -1.85. The molecule has 1 unspecified atom stereocenters. The summed E-state index contributed by atoms with van der Waals surface area (Å²) in [5, 5.41) is 5.49. The van der Waals surface area contributed by atoms with Crippen LogP contribution in [0.2, 0.25) is 0 Å². The maximum Gasteiger partial charge on any atom is 0.225 e. The van der Waals surface area contributed by atoms with Crippen LogP contribution < -0.4 is 10.6 Å². The third-order valence-corrected chi connectivity index (χ3v) is 2.80. The molecular formula is C11H16N4O2. The molecule has 92 valence electrons. The highest BCUT2D eigenvalue weighted by Crippen LogP contribution is 2.08. The first-order chi connectivity index (χ1) is 8.25. The Morgan fingerprint density at radius 2 is 2.53 bits per heavy atom. The van der Waals surface area contributed by atoms with Gasteiger partial charge in [0.05, 0.1) is 12.2 Å². The standard InChI is InChI=1S/C11H16N4O2/c16-10-6-9(7-14-10)11(17)13-2-1-4-15-5-3-12-8-15/h3,5,8-9H,1-2,4,6-7H2,(H,13,17)(H,14,16). The van der Waals surface area contributed by atoms with Gasteiger partial charge in [0.2, 0.25) is 11.8 Å². The Balaban J connectivity index is 1.62. The second-order valence-corrected chi connectivity index (χ2v) is 4.15. The number of carbonyl (C=O) groups excluding carboxylic acids is 2. The first kappa shape index (κ1) is 11.6. The summed E-state index contributed by atoms with van der Waals surface area (Å²) in [7, 11) is 0. The van der Waals surface area contributed by atoms with Gasteiger partial charge in [0, 0.05) is 38.4 Å². The maximum atomic E-state index is 11.6. The monoisotopic (exact) mass is 236 g/mol. The number of aryl methyl sites for hydroxylation is 1. The Morgan fingerprint density at radius 3 is 3.18 bits per heavy atom. The summed E-state index contributed by atoms with van der Waals surface area (Å²) >= 11 is 0. The van der Waals surface area contributed by atoms with Crippen LogP contribution in [0.15, 0.2) is 18.7 Å². The number of rotatable bonds is 5. The SMILES string of the molecule is O=C1CC(C(=O)NCCCn2ccnc2)CN1. The van der Waals surface area contributed by atoms with Gasteiger partial charge in [-0.25, -0.2) is 4.98 Å². The fourth-order valence-electron chi connectivity index (χ4n) is 1.83. The van der Waals surface area contributed by atoms with E-state index in [1.165, 1.54) is 0 Å². The number of carbonyl (C=O) groups is 2. The Bertz CT molecular complexity index is 388. The number of nitrogens with one attached hydrogen (secondary N) is 2. The van der Waals surface area contributed by atoms with Crippen molar-refractivity contribution in [1.82, 2.24) is 20.2 Å². The van der Waals surface area contributed by atoms with E-state index in [2.05, 4.69) is 15.6 Å². The summed E-state index contributed by atoms with van der Waals surface area (Å²) in [5.74, 6) is -0.270. The van der Waals surface area contributed by atoms with E-state index in [0.29, 0.717) is 19.5 Å². The van der Waals surface area contributed by atoms with E-state index in [0.717, 1.165) is 13.0 Å². The molecule has 0 aromatic carbocycles. The second-order valence-electron chi connectivity index (χ2n) is 4.15. The first-order valence-electron chi connectivity index (χ1n) is 5.76. The third kappa shape index (κ3) is 3.30.